The van der Waals surface area contributed by atoms with Crippen molar-refractivity contribution in [2.24, 2.45) is 0 Å². The highest BCUT2D eigenvalue weighted by atomic mass is 16.6. The summed E-state index contributed by atoms with van der Waals surface area (Å²) in [7, 11) is 0. The second kappa shape index (κ2) is 11.8. The molecule has 184 valence electrons. The van der Waals surface area contributed by atoms with Gasteiger partial charge in [0.15, 0.2) is 6.21 Å². The van der Waals surface area contributed by atoms with E-state index in [1.54, 1.807) is 10.8 Å². The molecule has 0 aliphatic carbocycles. The van der Waals surface area contributed by atoms with Gasteiger partial charge in [-0.25, -0.2) is 14.4 Å². The SMILES string of the molecule is O=C(O)C[N+]1=CC(C[C@H](NC(=O)OCc2ccccc2)C(=O)OCc2ccccc2)c2ccccc21. The second-order valence-electron chi connectivity index (χ2n) is 8.42. The van der Waals surface area contributed by atoms with Gasteiger partial charge < -0.3 is 19.9 Å². The van der Waals surface area contributed by atoms with Crippen LogP contribution in [0, 0.1) is 0 Å². The lowest BCUT2D eigenvalue weighted by molar-refractivity contribution is -0.423. The largest absolute Gasteiger partial charge is 0.477 e. The van der Waals surface area contributed by atoms with Crippen LogP contribution in [0.4, 0.5) is 10.5 Å². The molecule has 1 aliphatic heterocycles. The molecule has 36 heavy (non-hydrogen) atoms. The standard InChI is InChI=1S/C28H26N2O6/c31-26(32)17-30-16-22(23-13-7-8-14-25(23)30)15-24(27(33)35-18-20-9-3-1-4-10-20)29-28(34)36-19-21-11-5-2-6-12-21/h1-14,16,22,24H,15,17-19H2,(H-,29,31,32,34)/p+1/t22?,24-/m0/s1. The molecule has 1 heterocycles. The van der Waals surface area contributed by atoms with Crippen molar-refractivity contribution in [2.45, 2.75) is 31.6 Å². The Hall–Kier alpha value is -4.46. The molecule has 1 unspecified atom stereocenters. The molecule has 0 aromatic heterocycles. The summed E-state index contributed by atoms with van der Waals surface area (Å²) >= 11 is 0. The fraction of sp³-hybridized carbons (Fsp3) is 0.214. The molecule has 3 aromatic carbocycles. The number of carbonyl (C=O) groups is 3. The Balaban J connectivity index is 1.48. The summed E-state index contributed by atoms with van der Waals surface area (Å²) in [6.45, 7) is -0.0839. The van der Waals surface area contributed by atoms with Gasteiger partial charge in [0.2, 0.25) is 12.2 Å². The first-order chi connectivity index (χ1) is 17.5. The van der Waals surface area contributed by atoms with E-state index in [9.17, 15) is 19.5 Å². The molecule has 3 aromatic rings. The van der Waals surface area contributed by atoms with Crippen molar-refractivity contribution in [3.05, 3.63) is 102 Å². The molecular formula is C28H27N2O6+. The van der Waals surface area contributed by atoms with Gasteiger partial charge in [0.1, 0.15) is 19.3 Å². The zero-order valence-corrected chi connectivity index (χ0v) is 19.6. The summed E-state index contributed by atoms with van der Waals surface area (Å²) in [5, 5.41) is 11.9. The highest BCUT2D eigenvalue weighted by Gasteiger charge is 2.36. The lowest BCUT2D eigenvalue weighted by atomic mass is 9.94. The molecule has 0 radical (unpaired) electrons. The number of carboxylic acid groups (broad SMARTS) is 1. The third kappa shape index (κ3) is 6.56. The van der Waals surface area contributed by atoms with Crippen LogP contribution in [-0.2, 0) is 32.3 Å². The number of hydrogen-bond acceptors (Lipinski definition) is 5. The molecule has 0 spiro atoms. The molecular weight excluding hydrogens is 460 g/mol. The van der Waals surface area contributed by atoms with Crippen molar-refractivity contribution >= 4 is 29.9 Å². The summed E-state index contributed by atoms with van der Waals surface area (Å²) in [6.07, 6.45) is 1.21. The number of rotatable bonds is 10. The van der Waals surface area contributed by atoms with Crippen molar-refractivity contribution in [2.75, 3.05) is 6.54 Å². The number of nitrogens with one attached hydrogen (secondary N) is 1. The predicted molar refractivity (Wildman–Crippen MR) is 132 cm³/mol. The third-order valence-corrected chi connectivity index (χ3v) is 5.81. The summed E-state index contributed by atoms with van der Waals surface area (Å²) < 4.78 is 12.5. The average molecular weight is 488 g/mol. The van der Waals surface area contributed by atoms with Gasteiger partial charge in [0.05, 0.1) is 5.92 Å². The highest BCUT2D eigenvalue weighted by Crippen LogP contribution is 2.34. The number of amides is 1. The van der Waals surface area contributed by atoms with E-state index in [1.165, 1.54) is 0 Å². The Bertz CT molecular complexity index is 1240. The van der Waals surface area contributed by atoms with Crippen molar-refractivity contribution in [3.63, 3.8) is 0 Å². The molecule has 1 aliphatic rings. The zero-order chi connectivity index (χ0) is 25.3. The number of ether oxygens (including phenoxy) is 2. The first-order valence-electron chi connectivity index (χ1n) is 11.6. The molecule has 2 atom stereocenters. The van der Waals surface area contributed by atoms with Gasteiger partial charge in [0, 0.05) is 11.6 Å². The van der Waals surface area contributed by atoms with Gasteiger partial charge in [-0.05, 0) is 17.5 Å². The topological polar surface area (TPSA) is 105 Å². The predicted octanol–water partition coefficient (Wildman–Crippen LogP) is 4.01. The first kappa shape index (κ1) is 24.7. The van der Waals surface area contributed by atoms with Crippen LogP contribution < -0.4 is 5.32 Å². The van der Waals surface area contributed by atoms with Crippen LogP contribution in [0.3, 0.4) is 0 Å². The monoisotopic (exact) mass is 487 g/mol. The highest BCUT2D eigenvalue weighted by molar-refractivity contribution is 5.83. The minimum Gasteiger partial charge on any atom is -0.477 e. The molecule has 4 rings (SSSR count). The van der Waals surface area contributed by atoms with Crippen LogP contribution in [0.25, 0.3) is 0 Å². The average Bonchev–Trinajstić information content (AvgIpc) is 3.23. The fourth-order valence-electron chi connectivity index (χ4n) is 4.12. The maximum absolute atomic E-state index is 13.1. The van der Waals surface area contributed by atoms with Crippen molar-refractivity contribution < 1.29 is 33.5 Å². The van der Waals surface area contributed by atoms with E-state index in [0.717, 1.165) is 22.4 Å². The zero-order valence-electron chi connectivity index (χ0n) is 19.6. The number of alkyl carbamates (subject to hydrolysis) is 1. The van der Waals surface area contributed by atoms with Crippen molar-refractivity contribution in [1.29, 1.82) is 0 Å². The second-order valence-corrected chi connectivity index (χ2v) is 8.42. The molecule has 8 nitrogen and oxygen atoms in total. The summed E-state index contributed by atoms with van der Waals surface area (Å²) in [5.41, 5.74) is 3.27. The van der Waals surface area contributed by atoms with E-state index in [-0.39, 0.29) is 32.1 Å². The summed E-state index contributed by atoms with van der Waals surface area (Å²) in [6, 6.07) is 24.9. The third-order valence-electron chi connectivity index (χ3n) is 5.81. The van der Waals surface area contributed by atoms with Crippen LogP contribution in [0.2, 0.25) is 0 Å². The van der Waals surface area contributed by atoms with Crippen LogP contribution in [0.1, 0.15) is 29.0 Å². The van der Waals surface area contributed by atoms with Crippen LogP contribution in [-0.4, -0.2) is 46.5 Å². The smallest absolute Gasteiger partial charge is 0.408 e. The lowest BCUT2D eigenvalue weighted by Crippen LogP contribution is -2.43. The van der Waals surface area contributed by atoms with Crippen LogP contribution in [0.5, 0.6) is 0 Å². The minimum atomic E-state index is -1.00. The van der Waals surface area contributed by atoms with E-state index < -0.39 is 24.1 Å². The molecule has 2 N–H and O–H groups in total. The Morgan fingerprint density at radius 1 is 0.833 bits per heavy atom. The number of benzene rings is 3. The number of carboxylic acids is 1. The minimum absolute atomic E-state index is 0.0588. The number of fused-ring (bicyclic) bond motifs is 1. The van der Waals surface area contributed by atoms with Gasteiger partial charge >= 0.3 is 18.0 Å². The van der Waals surface area contributed by atoms with Gasteiger partial charge in [-0.2, -0.15) is 4.58 Å². The number of aliphatic carboxylic acids is 1. The Labute approximate surface area is 208 Å². The normalized spacial score (nSPS) is 14.8. The Kier molecular flexibility index (Phi) is 8.08. The lowest BCUT2D eigenvalue weighted by Gasteiger charge is -2.19. The van der Waals surface area contributed by atoms with E-state index in [2.05, 4.69) is 5.32 Å². The van der Waals surface area contributed by atoms with Gasteiger partial charge in [-0.3, -0.25) is 0 Å². The maximum Gasteiger partial charge on any atom is 0.408 e. The van der Waals surface area contributed by atoms with Crippen LogP contribution >= 0.6 is 0 Å². The number of esters is 1. The van der Waals surface area contributed by atoms with E-state index in [1.807, 2.05) is 84.9 Å². The van der Waals surface area contributed by atoms with E-state index in [0.29, 0.717) is 0 Å². The number of nitrogens with zero attached hydrogens (tertiary/aromatic N) is 1. The summed E-state index contributed by atoms with van der Waals surface area (Å²) in [4.78, 5) is 37.0. The number of hydrogen-bond donors (Lipinski definition) is 2. The molecule has 1 amide bonds. The van der Waals surface area contributed by atoms with Crippen molar-refractivity contribution in [3.8, 4) is 0 Å². The summed E-state index contributed by atoms with van der Waals surface area (Å²) in [5.74, 6) is -1.87. The molecule has 0 saturated carbocycles. The Morgan fingerprint density at radius 3 is 2.06 bits per heavy atom. The van der Waals surface area contributed by atoms with Crippen LogP contribution in [0.15, 0.2) is 84.9 Å². The first-order valence-corrected chi connectivity index (χ1v) is 11.6. The molecule has 0 bridgehead atoms. The molecule has 8 heteroatoms. The number of para-hydroxylation sites is 1. The van der Waals surface area contributed by atoms with Gasteiger partial charge in [0.25, 0.3) is 0 Å². The quantitative estimate of drug-likeness (QED) is 0.331. The maximum atomic E-state index is 13.1. The number of carbonyl (C=O) groups excluding carboxylic acids is 2. The van der Waals surface area contributed by atoms with Gasteiger partial charge in [-0.15, -0.1) is 0 Å². The van der Waals surface area contributed by atoms with Crippen molar-refractivity contribution in [1.82, 2.24) is 5.32 Å². The van der Waals surface area contributed by atoms with E-state index in [4.69, 9.17) is 9.47 Å². The van der Waals surface area contributed by atoms with Gasteiger partial charge in [-0.1, -0.05) is 78.9 Å². The van der Waals surface area contributed by atoms with E-state index >= 15 is 0 Å². The Morgan fingerprint density at radius 2 is 1.42 bits per heavy atom. The molecule has 0 fully saturated rings. The fourth-order valence-corrected chi connectivity index (χ4v) is 4.12. The molecule has 0 saturated heterocycles.